The van der Waals surface area contributed by atoms with Gasteiger partial charge in [-0.1, -0.05) is 48.6 Å². The van der Waals surface area contributed by atoms with E-state index in [0.717, 1.165) is 43.7 Å². The molecule has 42 heavy (non-hydrogen) atoms. The van der Waals surface area contributed by atoms with Gasteiger partial charge in [0, 0.05) is 51.0 Å². The summed E-state index contributed by atoms with van der Waals surface area (Å²) in [6.07, 6.45) is 9.39. The second-order valence-electron chi connectivity index (χ2n) is 11.0. The van der Waals surface area contributed by atoms with Gasteiger partial charge in [0.15, 0.2) is 0 Å². The van der Waals surface area contributed by atoms with Crippen LogP contribution in [0.4, 0.5) is 16.2 Å². The summed E-state index contributed by atoms with van der Waals surface area (Å²) in [7, 11) is 6.87. The zero-order valence-corrected chi connectivity index (χ0v) is 25.9. The Morgan fingerprint density at radius 2 is 1.05 bits per heavy atom. The monoisotopic (exact) mass is 564 g/mol. The van der Waals surface area contributed by atoms with Crippen LogP contribution in [0.2, 0.25) is 0 Å². The van der Waals surface area contributed by atoms with Crippen LogP contribution in [-0.4, -0.2) is 55.8 Å². The van der Waals surface area contributed by atoms with Crippen LogP contribution in [0.1, 0.15) is 37.8 Å². The molecule has 7 nitrogen and oxygen atoms in total. The summed E-state index contributed by atoms with van der Waals surface area (Å²) in [5.74, 6) is -1.15. The first-order valence-corrected chi connectivity index (χ1v) is 14.1. The Labute approximate surface area is 249 Å². The molecule has 0 bridgehead atoms. The van der Waals surface area contributed by atoms with Crippen LogP contribution in [0.15, 0.2) is 107 Å². The van der Waals surface area contributed by atoms with Crippen molar-refractivity contribution in [2.24, 2.45) is 0 Å². The number of para-hydroxylation sites is 2. The molecule has 218 valence electrons. The molecule has 1 aliphatic heterocycles. The third-order valence-corrected chi connectivity index (χ3v) is 8.23. The topological polar surface area (TPSA) is 64.2 Å². The first kappa shape index (κ1) is 30.3. The molecule has 1 aliphatic carbocycles. The van der Waals surface area contributed by atoms with Crippen molar-refractivity contribution in [3.8, 4) is 0 Å². The van der Waals surface area contributed by atoms with E-state index in [1.54, 1.807) is 0 Å². The zero-order chi connectivity index (χ0) is 30.7. The predicted octanol–water partition coefficient (Wildman–Crippen LogP) is 6.68. The number of hydrogen-bond donors (Lipinski definition) is 0. The Bertz CT molecular complexity index is 1480. The second kappa shape index (κ2) is 12.5. The van der Waals surface area contributed by atoms with Crippen molar-refractivity contribution in [3.05, 3.63) is 118 Å². The van der Waals surface area contributed by atoms with E-state index in [1.807, 2.05) is 76.5 Å². The van der Waals surface area contributed by atoms with Crippen LogP contribution >= 0.6 is 0 Å². The van der Waals surface area contributed by atoms with E-state index >= 15 is 0 Å². The van der Waals surface area contributed by atoms with Crippen molar-refractivity contribution in [2.75, 3.05) is 38.0 Å². The van der Waals surface area contributed by atoms with Gasteiger partial charge in [0.25, 0.3) is 11.8 Å². The van der Waals surface area contributed by atoms with E-state index in [1.165, 1.54) is 25.2 Å². The Balaban J connectivity index is 1.79. The molecule has 0 aromatic heterocycles. The number of hydrogen-bond acceptors (Lipinski definition) is 5. The fourth-order valence-electron chi connectivity index (χ4n) is 5.34. The van der Waals surface area contributed by atoms with E-state index in [0.29, 0.717) is 18.4 Å². The molecular formula is C35H40N4O3. The minimum atomic E-state index is -0.630. The number of allylic oxidation sites excluding steroid dienone is 9. The molecule has 1 saturated carbocycles. The Morgan fingerprint density at radius 1 is 0.667 bits per heavy atom. The maximum atomic E-state index is 13.4. The minimum Gasteiger partial charge on any atom is -0.348 e. The normalized spacial score (nSPS) is 18.6. The Kier molecular flexibility index (Phi) is 9.00. The predicted molar refractivity (Wildman–Crippen MR) is 170 cm³/mol. The van der Waals surface area contributed by atoms with Crippen LogP contribution in [0.25, 0.3) is 0 Å². The summed E-state index contributed by atoms with van der Waals surface area (Å²) >= 11 is 0. The number of amides is 4. The number of rotatable bonds is 6. The number of aryl methyl sites for hydroxylation is 2. The molecule has 2 fully saturated rings. The van der Waals surface area contributed by atoms with Gasteiger partial charge >= 0.3 is 6.03 Å². The third-order valence-electron chi connectivity index (χ3n) is 8.23. The third kappa shape index (κ3) is 5.86. The number of imide groups is 2. The highest BCUT2D eigenvalue weighted by Crippen LogP contribution is 2.40. The molecule has 7 heteroatoms. The molecule has 4 rings (SSSR count). The molecule has 1 saturated heterocycles. The van der Waals surface area contributed by atoms with Gasteiger partial charge in [-0.15, -0.1) is 0 Å². The molecule has 0 N–H and O–H groups in total. The summed E-state index contributed by atoms with van der Waals surface area (Å²) in [5, 5.41) is 0. The number of carbonyl (C=O) groups is 3. The second-order valence-corrected chi connectivity index (χ2v) is 11.0. The van der Waals surface area contributed by atoms with Crippen LogP contribution < -0.4 is 9.80 Å². The summed E-state index contributed by atoms with van der Waals surface area (Å²) < 4.78 is 0. The number of nitrogens with zero attached hydrogens (tertiary/aromatic N) is 4. The lowest BCUT2D eigenvalue weighted by Gasteiger charge is -2.30. The average Bonchev–Trinajstić information content (AvgIpc) is 3.38. The molecule has 0 spiro atoms. The molecule has 4 amide bonds. The van der Waals surface area contributed by atoms with Crippen molar-refractivity contribution in [2.45, 2.75) is 40.5 Å². The van der Waals surface area contributed by atoms with Crippen LogP contribution in [0.5, 0.6) is 0 Å². The molecule has 2 aromatic carbocycles. The van der Waals surface area contributed by atoms with Crippen molar-refractivity contribution in [1.82, 2.24) is 9.80 Å². The minimum absolute atomic E-state index is 0.0335. The molecule has 0 atom stereocenters. The van der Waals surface area contributed by atoms with Gasteiger partial charge in [-0.05, 0) is 92.7 Å². The first-order valence-electron chi connectivity index (χ1n) is 14.1. The van der Waals surface area contributed by atoms with Gasteiger partial charge in [-0.2, -0.15) is 0 Å². The van der Waals surface area contributed by atoms with E-state index in [2.05, 4.69) is 47.9 Å². The molecular weight excluding hydrogens is 524 g/mol. The highest BCUT2D eigenvalue weighted by atomic mass is 16.2. The van der Waals surface area contributed by atoms with Gasteiger partial charge in [0.05, 0.1) is 0 Å². The number of anilines is 2. The van der Waals surface area contributed by atoms with E-state index in [-0.39, 0.29) is 5.57 Å². The lowest BCUT2D eigenvalue weighted by atomic mass is 9.95. The number of urea groups is 1. The van der Waals surface area contributed by atoms with Gasteiger partial charge in [0.1, 0.15) is 5.57 Å². The van der Waals surface area contributed by atoms with Gasteiger partial charge in [0.2, 0.25) is 0 Å². The number of carbonyl (C=O) groups excluding carboxylic acids is 3. The molecule has 2 aliphatic rings. The summed E-state index contributed by atoms with van der Waals surface area (Å²) in [6, 6.07) is 15.7. The fraction of sp³-hybridized carbons (Fsp3) is 0.286. The smallest absolute Gasteiger partial charge is 0.333 e. The van der Waals surface area contributed by atoms with Crippen molar-refractivity contribution >= 4 is 29.2 Å². The quantitative estimate of drug-likeness (QED) is 0.289. The Hall–Kier alpha value is -4.65. The SMILES string of the molecule is C/C(=C\C=C1\CC/C(=C\C=C(/C)N(C)c2ccccc2C)C1=C1C(=O)N(C)C(=O)N(C)C1=O)N(C)c1ccccc1C. The maximum Gasteiger partial charge on any atom is 0.333 e. The van der Waals surface area contributed by atoms with Crippen LogP contribution in [-0.2, 0) is 9.59 Å². The largest absolute Gasteiger partial charge is 0.348 e. The van der Waals surface area contributed by atoms with E-state index in [9.17, 15) is 14.4 Å². The number of barbiturate groups is 1. The van der Waals surface area contributed by atoms with E-state index in [4.69, 9.17) is 0 Å². The van der Waals surface area contributed by atoms with Crippen molar-refractivity contribution in [1.29, 1.82) is 0 Å². The maximum absolute atomic E-state index is 13.4. The lowest BCUT2D eigenvalue weighted by molar-refractivity contribution is -0.134. The first-order chi connectivity index (χ1) is 19.9. The summed E-state index contributed by atoms with van der Waals surface area (Å²) in [5.41, 5.74) is 9.01. The molecule has 0 radical (unpaired) electrons. The van der Waals surface area contributed by atoms with E-state index < -0.39 is 17.8 Å². The number of likely N-dealkylation sites (N-methyl/N-ethyl adjacent to an activating group) is 2. The summed E-state index contributed by atoms with van der Waals surface area (Å²) in [6.45, 7) is 8.23. The summed E-state index contributed by atoms with van der Waals surface area (Å²) in [4.78, 5) is 45.6. The highest BCUT2D eigenvalue weighted by Gasteiger charge is 2.41. The lowest BCUT2D eigenvalue weighted by Crippen LogP contribution is -2.53. The fourth-order valence-corrected chi connectivity index (χ4v) is 5.34. The molecule has 2 aromatic rings. The van der Waals surface area contributed by atoms with Gasteiger partial charge in [-0.3, -0.25) is 19.4 Å². The van der Waals surface area contributed by atoms with Gasteiger partial charge in [-0.25, -0.2) is 4.79 Å². The standard InChI is InChI=1S/C35H40N4O3/c1-23-13-9-11-15-29(23)36(5)25(3)17-19-27-21-22-28(20-18-26(4)37(6)30-16-12-10-14-24(30)2)31(27)32-33(40)38(7)35(42)39(8)34(32)41/h9-20H,21-22H2,1-8H3/b25-17+,26-18+,27-19-,28-20+. The Morgan fingerprint density at radius 3 is 1.43 bits per heavy atom. The average molecular weight is 565 g/mol. The van der Waals surface area contributed by atoms with Crippen molar-refractivity contribution < 1.29 is 14.4 Å². The molecule has 1 heterocycles. The number of benzene rings is 2. The van der Waals surface area contributed by atoms with Crippen LogP contribution in [0.3, 0.4) is 0 Å². The molecule has 0 unspecified atom stereocenters. The zero-order valence-electron chi connectivity index (χ0n) is 25.9. The van der Waals surface area contributed by atoms with Gasteiger partial charge < -0.3 is 9.80 Å². The van der Waals surface area contributed by atoms with Crippen LogP contribution in [0, 0.1) is 13.8 Å². The highest BCUT2D eigenvalue weighted by molar-refractivity contribution is 6.29. The van der Waals surface area contributed by atoms with Crippen molar-refractivity contribution in [3.63, 3.8) is 0 Å².